The fraction of sp³-hybridized carbons (Fsp3) is 0.350. The zero-order chi connectivity index (χ0) is 17.6. The molecule has 5 heteroatoms. The molecule has 0 bridgehead atoms. The Kier molecular flexibility index (Phi) is 5.95. The van der Waals surface area contributed by atoms with E-state index in [2.05, 4.69) is 11.0 Å². The highest BCUT2D eigenvalue weighted by Crippen LogP contribution is 2.21. The van der Waals surface area contributed by atoms with Crippen molar-refractivity contribution in [1.82, 2.24) is 4.90 Å². The van der Waals surface area contributed by atoms with Crippen LogP contribution in [0.5, 0.6) is 5.75 Å². The first-order valence-electron chi connectivity index (χ1n) is 8.51. The molecule has 1 unspecified atom stereocenters. The Balaban J connectivity index is 1.57. The number of halogens is 1. The summed E-state index contributed by atoms with van der Waals surface area (Å²) in [4.78, 5) is 13.4. The van der Waals surface area contributed by atoms with Crippen molar-refractivity contribution in [1.29, 1.82) is 0 Å². The summed E-state index contributed by atoms with van der Waals surface area (Å²) >= 11 is 5.89. The molecule has 25 heavy (non-hydrogen) atoms. The number of aliphatic carboxylic acids is 1. The minimum absolute atomic E-state index is 0.252. The van der Waals surface area contributed by atoms with Gasteiger partial charge in [0.15, 0.2) is 0 Å². The first kappa shape index (κ1) is 17.8. The lowest BCUT2D eigenvalue weighted by Crippen LogP contribution is -2.38. The number of ether oxygens (including phenoxy) is 1. The Morgan fingerprint density at radius 3 is 2.76 bits per heavy atom. The van der Waals surface area contributed by atoms with Crippen molar-refractivity contribution in [3.63, 3.8) is 0 Å². The average Bonchev–Trinajstić information content (AvgIpc) is 2.62. The van der Waals surface area contributed by atoms with E-state index in [1.807, 2.05) is 42.5 Å². The third-order valence-electron chi connectivity index (χ3n) is 4.48. The molecule has 1 N–H and O–H groups in total. The zero-order valence-electron chi connectivity index (χ0n) is 14.0. The second kappa shape index (κ2) is 8.37. The summed E-state index contributed by atoms with van der Waals surface area (Å²) in [5.41, 5.74) is 2.20. The van der Waals surface area contributed by atoms with Crippen molar-refractivity contribution in [2.24, 2.45) is 5.92 Å². The predicted octanol–water partition coefficient (Wildman–Crippen LogP) is 4.22. The Morgan fingerprint density at radius 1 is 1.20 bits per heavy atom. The highest BCUT2D eigenvalue weighted by Gasteiger charge is 2.25. The highest BCUT2D eigenvalue weighted by atomic mass is 35.5. The van der Waals surface area contributed by atoms with Gasteiger partial charge in [-0.2, -0.15) is 0 Å². The average molecular weight is 360 g/mol. The Hall–Kier alpha value is -2.04. The maximum absolute atomic E-state index is 11.2. The van der Waals surface area contributed by atoms with Crippen molar-refractivity contribution >= 4 is 17.6 Å². The summed E-state index contributed by atoms with van der Waals surface area (Å²) in [6, 6.07) is 15.6. The fourth-order valence-corrected chi connectivity index (χ4v) is 3.27. The van der Waals surface area contributed by atoms with E-state index in [0.29, 0.717) is 18.2 Å². The van der Waals surface area contributed by atoms with Gasteiger partial charge in [-0.15, -0.1) is 0 Å². The highest BCUT2D eigenvalue weighted by molar-refractivity contribution is 6.30. The van der Waals surface area contributed by atoms with E-state index in [1.54, 1.807) is 0 Å². The number of hydrogen-bond donors (Lipinski definition) is 1. The van der Waals surface area contributed by atoms with Crippen molar-refractivity contribution < 1.29 is 14.6 Å². The van der Waals surface area contributed by atoms with Gasteiger partial charge in [-0.3, -0.25) is 9.69 Å². The molecule has 3 rings (SSSR count). The van der Waals surface area contributed by atoms with Gasteiger partial charge in [-0.1, -0.05) is 35.9 Å². The summed E-state index contributed by atoms with van der Waals surface area (Å²) in [6.45, 7) is 2.80. The fourth-order valence-electron chi connectivity index (χ4n) is 3.14. The number of carbonyl (C=O) groups is 1. The molecule has 2 aromatic carbocycles. The largest absolute Gasteiger partial charge is 0.489 e. The summed E-state index contributed by atoms with van der Waals surface area (Å²) in [6.07, 6.45) is 1.71. The van der Waals surface area contributed by atoms with Gasteiger partial charge in [0.2, 0.25) is 0 Å². The third kappa shape index (κ3) is 5.21. The molecule has 0 aliphatic carbocycles. The Labute approximate surface area is 153 Å². The minimum atomic E-state index is -0.690. The van der Waals surface area contributed by atoms with Crippen LogP contribution in [0.1, 0.15) is 24.0 Å². The van der Waals surface area contributed by atoms with E-state index in [0.717, 1.165) is 42.8 Å². The lowest BCUT2D eigenvalue weighted by atomic mass is 9.98. The van der Waals surface area contributed by atoms with Crippen LogP contribution in [0.25, 0.3) is 0 Å². The van der Waals surface area contributed by atoms with E-state index in [-0.39, 0.29) is 5.92 Å². The van der Waals surface area contributed by atoms with Gasteiger partial charge in [-0.25, -0.2) is 0 Å². The van der Waals surface area contributed by atoms with Crippen molar-refractivity contribution in [2.45, 2.75) is 26.0 Å². The first-order chi connectivity index (χ1) is 12.1. The van der Waals surface area contributed by atoms with Crippen LogP contribution in [0, 0.1) is 5.92 Å². The third-order valence-corrected chi connectivity index (χ3v) is 4.73. The lowest BCUT2D eigenvalue weighted by molar-refractivity contribution is -0.143. The molecule has 1 aliphatic heterocycles. The molecule has 0 radical (unpaired) electrons. The van der Waals surface area contributed by atoms with Gasteiger partial charge in [-0.05, 0) is 54.8 Å². The molecule has 1 saturated heterocycles. The lowest BCUT2D eigenvalue weighted by Gasteiger charge is -2.30. The SMILES string of the molecule is O=C(O)C1CCCN(Cc2cccc(OCc3ccc(Cl)cc3)c2)C1. The van der Waals surface area contributed by atoms with Crippen molar-refractivity contribution in [3.05, 3.63) is 64.7 Å². The quantitative estimate of drug-likeness (QED) is 0.839. The molecule has 0 aromatic heterocycles. The van der Waals surface area contributed by atoms with Gasteiger partial charge >= 0.3 is 5.97 Å². The maximum atomic E-state index is 11.2. The van der Waals surface area contributed by atoms with Crippen LogP contribution in [0.15, 0.2) is 48.5 Å². The standard InChI is InChI=1S/C20H22ClNO3/c21-18-8-6-15(7-9-18)14-25-19-5-1-3-16(11-19)12-22-10-2-4-17(13-22)20(23)24/h1,3,5-9,11,17H,2,4,10,12-14H2,(H,23,24). The molecule has 0 amide bonds. The number of piperidine rings is 1. The topological polar surface area (TPSA) is 49.8 Å². The first-order valence-corrected chi connectivity index (χ1v) is 8.89. The van der Waals surface area contributed by atoms with Gasteiger partial charge in [0.1, 0.15) is 12.4 Å². The summed E-state index contributed by atoms with van der Waals surface area (Å²) in [5, 5.41) is 9.92. The second-order valence-electron chi connectivity index (χ2n) is 6.48. The Bertz CT molecular complexity index is 717. The summed E-state index contributed by atoms with van der Waals surface area (Å²) in [5.74, 6) is -0.123. The molecule has 0 spiro atoms. The van der Waals surface area contributed by atoms with Gasteiger partial charge in [0.25, 0.3) is 0 Å². The predicted molar refractivity (Wildman–Crippen MR) is 97.9 cm³/mol. The van der Waals surface area contributed by atoms with Gasteiger partial charge < -0.3 is 9.84 Å². The number of nitrogens with zero attached hydrogens (tertiary/aromatic N) is 1. The zero-order valence-corrected chi connectivity index (χ0v) is 14.8. The van der Waals surface area contributed by atoms with Crippen molar-refractivity contribution in [2.75, 3.05) is 13.1 Å². The summed E-state index contributed by atoms with van der Waals surface area (Å²) < 4.78 is 5.87. The molecule has 1 atom stereocenters. The molecular formula is C20H22ClNO3. The van der Waals surface area contributed by atoms with E-state index >= 15 is 0 Å². The monoisotopic (exact) mass is 359 g/mol. The molecular weight excluding hydrogens is 338 g/mol. The number of rotatable bonds is 6. The maximum Gasteiger partial charge on any atom is 0.307 e. The molecule has 0 saturated carbocycles. The second-order valence-corrected chi connectivity index (χ2v) is 6.91. The minimum Gasteiger partial charge on any atom is -0.489 e. The number of carboxylic acid groups (broad SMARTS) is 1. The number of likely N-dealkylation sites (tertiary alicyclic amines) is 1. The van der Waals surface area contributed by atoms with Crippen LogP contribution in [0.3, 0.4) is 0 Å². The smallest absolute Gasteiger partial charge is 0.307 e. The van der Waals surface area contributed by atoms with Crippen LogP contribution in [0.2, 0.25) is 5.02 Å². The van der Waals surface area contributed by atoms with Gasteiger partial charge in [0, 0.05) is 18.1 Å². The van der Waals surface area contributed by atoms with E-state index in [4.69, 9.17) is 16.3 Å². The molecule has 1 heterocycles. The van der Waals surface area contributed by atoms with Crippen molar-refractivity contribution in [3.8, 4) is 5.75 Å². The van der Waals surface area contributed by atoms with E-state index in [1.165, 1.54) is 0 Å². The van der Waals surface area contributed by atoms with E-state index < -0.39 is 5.97 Å². The van der Waals surface area contributed by atoms with Crippen LogP contribution >= 0.6 is 11.6 Å². The number of hydrogen-bond acceptors (Lipinski definition) is 3. The van der Waals surface area contributed by atoms with E-state index in [9.17, 15) is 9.90 Å². The number of carboxylic acids is 1. The Morgan fingerprint density at radius 2 is 2.00 bits per heavy atom. The van der Waals surface area contributed by atoms with Crippen LogP contribution in [0.4, 0.5) is 0 Å². The molecule has 132 valence electrons. The summed E-state index contributed by atoms with van der Waals surface area (Å²) in [7, 11) is 0. The molecule has 2 aromatic rings. The van der Waals surface area contributed by atoms with Crippen LogP contribution in [-0.4, -0.2) is 29.1 Å². The molecule has 1 aliphatic rings. The number of benzene rings is 2. The molecule has 4 nitrogen and oxygen atoms in total. The van der Waals surface area contributed by atoms with Crippen LogP contribution < -0.4 is 4.74 Å². The van der Waals surface area contributed by atoms with Gasteiger partial charge in [0.05, 0.1) is 5.92 Å². The normalized spacial score (nSPS) is 18.0. The van der Waals surface area contributed by atoms with Crippen LogP contribution in [-0.2, 0) is 17.9 Å². The molecule has 1 fully saturated rings.